The lowest BCUT2D eigenvalue weighted by molar-refractivity contribution is 0.372. The molecule has 21 heavy (non-hydrogen) atoms. The Kier molecular flexibility index (Phi) is 7.73. The second kappa shape index (κ2) is 9.04. The van der Waals surface area contributed by atoms with E-state index in [0.717, 1.165) is 24.0 Å². The fourth-order valence-corrected chi connectivity index (χ4v) is 2.32. The number of nitrogens with one attached hydrogen (secondary N) is 2. The molecule has 0 unspecified atom stereocenters. The van der Waals surface area contributed by atoms with E-state index in [2.05, 4.69) is 51.5 Å². The molecule has 2 rings (SSSR count). The van der Waals surface area contributed by atoms with Gasteiger partial charge in [0.1, 0.15) is 0 Å². The number of guanidine groups is 1. The first-order valence-corrected chi connectivity index (χ1v) is 7.54. The van der Waals surface area contributed by atoms with Gasteiger partial charge in [-0.1, -0.05) is 19.0 Å². The van der Waals surface area contributed by atoms with Gasteiger partial charge in [-0.25, -0.2) is 0 Å². The van der Waals surface area contributed by atoms with Crippen LogP contribution in [-0.2, 0) is 13.1 Å². The number of nitrogens with zero attached hydrogens (tertiary/aromatic N) is 2. The summed E-state index contributed by atoms with van der Waals surface area (Å²) in [6, 6.07) is 4.07. The monoisotopic (exact) mass is 420 g/mol. The van der Waals surface area contributed by atoms with Crippen LogP contribution >= 0.6 is 35.3 Å². The fourth-order valence-electron chi connectivity index (χ4n) is 1.65. The quantitative estimate of drug-likeness (QED) is 0.443. The van der Waals surface area contributed by atoms with Crippen LogP contribution in [0.1, 0.15) is 36.8 Å². The van der Waals surface area contributed by atoms with Crippen molar-refractivity contribution in [2.24, 2.45) is 4.99 Å². The van der Waals surface area contributed by atoms with E-state index >= 15 is 0 Å². The van der Waals surface area contributed by atoms with Crippen LogP contribution in [0.15, 0.2) is 32.4 Å². The van der Waals surface area contributed by atoms with E-state index in [0.29, 0.717) is 12.5 Å². The third kappa shape index (κ3) is 5.66. The van der Waals surface area contributed by atoms with E-state index in [1.807, 2.05) is 6.07 Å². The maximum atomic E-state index is 5.28. The minimum atomic E-state index is 0. The van der Waals surface area contributed by atoms with Crippen molar-refractivity contribution in [3.05, 3.63) is 39.9 Å². The Labute approximate surface area is 146 Å². The summed E-state index contributed by atoms with van der Waals surface area (Å²) in [6.45, 7) is 5.52. The van der Waals surface area contributed by atoms with Crippen LogP contribution in [0.5, 0.6) is 0 Å². The second-order valence-electron chi connectivity index (χ2n) is 4.78. The van der Waals surface area contributed by atoms with E-state index in [4.69, 9.17) is 4.52 Å². The molecule has 0 fully saturated rings. The van der Waals surface area contributed by atoms with Gasteiger partial charge < -0.3 is 15.2 Å². The number of rotatable bonds is 5. The van der Waals surface area contributed by atoms with Gasteiger partial charge in [-0.3, -0.25) is 4.99 Å². The largest absolute Gasteiger partial charge is 0.359 e. The molecule has 2 aromatic rings. The molecule has 0 aliphatic rings. The highest BCUT2D eigenvalue weighted by molar-refractivity contribution is 14.0. The first-order valence-electron chi connectivity index (χ1n) is 6.60. The normalized spacial score (nSPS) is 11.3. The molecule has 2 aromatic heterocycles. The standard InChI is InChI=1S/C14H20N4OS.HI/c1-10(2)13-6-12(19-18-13)8-17-14(15-3)16-7-11-4-5-20-9-11;/h4-6,9-10H,7-8H2,1-3H3,(H2,15,16,17);1H. The van der Waals surface area contributed by atoms with E-state index in [1.165, 1.54) is 5.56 Å². The molecule has 0 saturated heterocycles. The van der Waals surface area contributed by atoms with E-state index in [1.54, 1.807) is 18.4 Å². The zero-order valence-corrected chi connectivity index (χ0v) is 15.6. The topological polar surface area (TPSA) is 62.5 Å². The Morgan fingerprint density at radius 2 is 2.14 bits per heavy atom. The SMILES string of the molecule is CN=C(NCc1ccsc1)NCc1cc(C(C)C)no1.I. The lowest BCUT2D eigenvalue weighted by Gasteiger charge is -2.09. The molecule has 0 aliphatic carbocycles. The van der Waals surface area contributed by atoms with Gasteiger partial charge in [-0.15, -0.1) is 24.0 Å². The molecule has 0 aliphatic heterocycles. The third-order valence-electron chi connectivity index (χ3n) is 2.86. The summed E-state index contributed by atoms with van der Waals surface area (Å²) in [5.41, 5.74) is 2.22. The molecule has 5 nitrogen and oxygen atoms in total. The Morgan fingerprint density at radius 3 is 2.71 bits per heavy atom. The Morgan fingerprint density at radius 1 is 1.38 bits per heavy atom. The van der Waals surface area contributed by atoms with Crippen LogP contribution in [0, 0.1) is 0 Å². The van der Waals surface area contributed by atoms with Gasteiger partial charge in [0.2, 0.25) is 0 Å². The van der Waals surface area contributed by atoms with Crippen molar-refractivity contribution in [2.45, 2.75) is 32.9 Å². The Balaban J connectivity index is 0.00000220. The molecule has 0 bridgehead atoms. The predicted octanol–water partition coefficient (Wildman–Crippen LogP) is 3.34. The van der Waals surface area contributed by atoms with Crippen molar-refractivity contribution in [3.8, 4) is 0 Å². The predicted molar refractivity (Wildman–Crippen MR) is 97.4 cm³/mol. The molecule has 7 heteroatoms. The number of halogens is 1. The number of hydrogen-bond acceptors (Lipinski definition) is 4. The van der Waals surface area contributed by atoms with Crippen molar-refractivity contribution in [1.29, 1.82) is 0 Å². The summed E-state index contributed by atoms with van der Waals surface area (Å²) in [6.07, 6.45) is 0. The van der Waals surface area contributed by atoms with Crippen LogP contribution in [0.25, 0.3) is 0 Å². The van der Waals surface area contributed by atoms with Gasteiger partial charge >= 0.3 is 0 Å². The summed E-state index contributed by atoms with van der Waals surface area (Å²) < 4.78 is 5.28. The highest BCUT2D eigenvalue weighted by Crippen LogP contribution is 2.13. The first-order chi connectivity index (χ1) is 9.69. The molecule has 2 heterocycles. The number of aromatic nitrogens is 1. The van der Waals surface area contributed by atoms with Gasteiger partial charge in [0.15, 0.2) is 11.7 Å². The minimum Gasteiger partial charge on any atom is -0.359 e. The van der Waals surface area contributed by atoms with Crippen molar-refractivity contribution in [2.75, 3.05) is 7.05 Å². The molecule has 0 atom stereocenters. The molecule has 2 N–H and O–H groups in total. The minimum absolute atomic E-state index is 0. The number of hydrogen-bond donors (Lipinski definition) is 2. The van der Waals surface area contributed by atoms with E-state index in [9.17, 15) is 0 Å². The van der Waals surface area contributed by atoms with Crippen molar-refractivity contribution in [1.82, 2.24) is 15.8 Å². The van der Waals surface area contributed by atoms with E-state index < -0.39 is 0 Å². The Bertz CT molecular complexity index is 551. The summed E-state index contributed by atoms with van der Waals surface area (Å²) in [5.74, 6) is 1.94. The molecule has 0 saturated carbocycles. The average molecular weight is 420 g/mol. The highest BCUT2D eigenvalue weighted by atomic mass is 127. The first kappa shape index (κ1) is 18.0. The number of aliphatic imine (C=N–C) groups is 1. The third-order valence-corrected chi connectivity index (χ3v) is 3.59. The average Bonchev–Trinajstić information content (AvgIpc) is 3.10. The summed E-state index contributed by atoms with van der Waals surface area (Å²) in [4.78, 5) is 4.18. The van der Waals surface area contributed by atoms with Gasteiger partial charge in [-0.2, -0.15) is 11.3 Å². The summed E-state index contributed by atoms with van der Waals surface area (Å²) >= 11 is 1.69. The van der Waals surface area contributed by atoms with Gasteiger partial charge in [0.25, 0.3) is 0 Å². The van der Waals surface area contributed by atoms with E-state index in [-0.39, 0.29) is 24.0 Å². The zero-order valence-electron chi connectivity index (χ0n) is 12.4. The number of thiophene rings is 1. The van der Waals surface area contributed by atoms with Gasteiger partial charge in [-0.05, 0) is 28.3 Å². The molecular weight excluding hydrogens is 399 g/mol. The van der Waals surface area contributed by atoms with Gasteiger partial charge in [0.05, 0.1) is 12.2 Å². The highest BCUT2D eigenvalue weighted by Gasteiger charge is 2.08. The smallest absolute Gasteiger partial charge is 0.191 e. The maximum Gasteiger partial charge on any atom is 0.191 e. The molecule has 116 valence electrons. The second-order valence-corrected chi connectivity index (χ2v) is 5.56. The zero-order chi connectivity index (χ0) is 14.4. The molecule has 0 amide bonds. The van der Waals surface area contributed by atoms with Gasteiger partial charge in [0, 0.05) is 19.7 Å². The molecule has 0 aromatic carbocycles. The summed E-state index contributed by atoms with van der Waals surface area (Å²) in [5, 5.41) is 14.7. The van der Waals surface area contributed by atoms with Crippen LogP contribution in [0.3, 0.4) is 0 Å². The fraction of sp³-hybridized carbons (Fsp3) is 0.429. The van der Waals surface area contributed by atoms with Crippen molar-refractivity contribution in [3.63, 3.8) is 0 Å². The van der Waals surface area contributed by atoms with Crippen LogP contribution in [0.4, 0.5) is 0 Å². The van der Waals surface area contributed by atoms with Crippen LogP contribution in [-0.4, -0.2) is 18.2 Å². The van der Waals surface area contributed by atoms with Crippen LogP contribution in [0.2, 0.25) is 0 Å². The molecule has 0 spiro atoms. The lowest BCUT2D eigenvalue weighted by atomic mass is 10.1. The lowest BCUT2D eigenvalue weighted by Crippen LogP contribution is -2.36. The van der Waals surface area contributed by atoms with Crippen molar-refractivity contribution < 1.29 is 4.52 Å². The Hall–Kier alpha value is -1.09. The molecular formula is C14H21IN4OS. The van der Waals surface area contributed by atoms with Crippen molar-refractivity contribution >= 4 is 41.3 Å². The summed E-state index contributed by atoms with van der Waals surface area (Å²) in [7, 11) is 1.75. The molecule has 0 radical (unpaired) electrons. The maximum absolute atomic E-state index is 5.28. The van der Waals surface area contributed by atoms with Crippen LogP contribution < -0.4 is 10.6 Å².